The van der Waals surface area contributed by atoms with E-state index >= 15 is 0 Å². The summed E-state index contributed by atoms with van der Waals surface area (Å²) >= 11 is 0. The lowest BCUT2D eigenvalue weighted by Gasteiger charge is -2.16. The van der Waals surface area contributed by atoms with Gasteiger partial charge in [-0.25, -0.2) is 0 Å². The van der Waals surface area contributed by atoms with Gasteiger partial charge in [-0.05, 0) is 55.4 Å². The van der Waals surface area contributed by atoms with Crippen molar-refractivity contribution in [1.29, 1.82) is 0 Å². The van der Waals surface area contributed by atoms with Crippen LogP contribution >= 0.6 is 0 Å². The zero-order valence-electron chi connectivity index (χ0n) is 15.6. The normalized spacial score (nSPS) is 16.2. The maximum atomic E-state index is 2.48. The van der Waals surface area contributed by atoms with E-state index in [0.717, 1.165) is 12.5 Å². The van der Waals surface area contributed by atoms with Crippen LogP contribution in [0.5, 0.6) is 0 Å². The van der Waals surface area contributed by atoms with Gasteiger partial charge in [-0.15, -0.1) is 0 Å². The Hall–Kier alpha value is -2.02. The van der Waals surface area contributed by atoms with E-state index in [2.05, 4.69) is 66.9 Å². The van der Waals surface area contributed by atoms with E-state index in [1.165, 1.54) is 66.2 Å². The number of rotatable bonds is 3. The fraction of sp³-hybridized carbons (Fsp3) is 0.417. The molecule has 1 nitrogen and oxygen atoms in total. The van der Waals surface area contributed by atoms with Gasteiger partial charge in [0.2, 0.25) is 0 Å². The first-order valence-corrected chi connectivity index (χ1v) is 9.87. The van der Waals surface area contributed by atoms with Crippen LogP contribution in [0, 0.1) is 13.8 Å². The average molecular weight is 332 g/mol. The summed E-state index contributed by atoms with van der Waals surface area (Å²) in [5.41, 5.74) is 7.16. The number of aromatic nitrogens is 1. The van der Waals surface area contributed by atoms with E-state index in [9.17, 15) is 0 Å². The molecule has 2 aromatic carbocycles. The van der Waals surface area contributed by atoms with Gasteiger partial charge in [0.1, 0.15) is 0 Å². The Kier molecular flexibility index (Phi) is 4.65. The number of para-hydroxylation sites is 1. The lowest BCUT2D eigenvalue weighted by atomic mass is 9.91. The highest BCUT2D eigenvalue weighted by molar-refractivity contribution is 5.85. The lowest BCUT2D eigenvalue weighted by molar-refractivity contribution is 0.591. The standard InChI is InChI=1S/C24H29N/c1-18-19(2)25(24-15-8-7-14-23(18)24)17-20-10-9-13-22(16-20)21-11-5-3-4-6-12-21/h7-10,13-16,21H,3-6,11-12,17H2,1-2H3. The molecule has 0 saturated heterocycles. The van der Waals surface area contributed by atoms with E-state index < -0.39 is 0 Å². The Morgan fingerprint density at radius 2 is 1.64 bits per heavy atom. The van der Waals surface area contributed by atoms with Crippen LogP contribution in [0.3, 0.4) is 0 Å². The molecule has 130 valence electrons. The number of hydrogen-bond acceptors (Lipinski definition) is 0. The molecule has 0 unspecified atom stereocenters. The summed E-state index contributed by atoms with van der Waals surface area (Å²) in [7, 11) is 0. The maximum Gasteiger partial charge on any atom is 0.0488 e. The van der Waals surface area contributed by atoms with Crippen molar-refractivity contribution in [2.24, 2.45) is 0 Å². The fourth-order valence-electron chi connectivity index (χ4n) is 4.55. The van der Waals surface area contributed by atoms with Crippen molar-refractivity contribution in [2.45, 2.75) is 64.8 Å². The van der Waals surface area contributed by atoms with Crippen LogP contribution in [0.2, 0.25) is 0 Å². The van der Waals surface area contributed by atoms with Crippen LogP contribution in [0.1, 0.15) is 66.8 Å². The molecule has 0 atom stereocenters. The Morgan fingerprint density at radius 1 is 0.880 bits per heavy atom. The van der Waals surface area contributed by atoms with Crippen molar-refractivity contribution in [2.75, 3.05) is 0 Å². The summed E-state index contributed by atoms with van der Waals surface area (Å²) in [4.78, 5) is 0. The number of aryl methyl sites for hydroxylation is 1. The summed E-state index contributed by atoms with van der Waals surface area (Å²) in [6, 6.07) is 18.2. The number of hydrogen-bond donors (Lipinski definition) is 0. The summed E-state index contributed by atoms with van der Waals surface area (Å²) in [6.45, 7) is 5.47. The minimum absolute atomic E-state index is 0.770. The minimum atomic E-state index is 0.770. The van der Waals surface area contributed by atoms with Gasteiger partial charge in [0.05, 0.1) is 0 Å². The number of nitrogens with zero attached hydrogens (tertiary/aromatic N) is 1. The molecule has 0 N–H and O–H groups in total. The second kappa shape index (κ2) is 7.07. The van der Waals surface area contributed by atoms with E-state index in [-0.39, 0.29) is 0 Å². The SMILES string of the molecule is Cc1c(C)n(Cc2cccc(C3CCCCCC3)c2)c2ccccc12. The highest BCUT2D eigenvalue weighted by atomic mass is 15.0. The maximum absolute atomic E-state index is 2.48. The molecule has 1 heterocycles. The van der Waals surface area contributed by atoms with Crippen LogP contribution < -0.4 is 0 Å². The molecule has 1 aromatic heterocycles. The molecule has 0 radical (unpaired) electrons. The van der Waals surface area contributed by atoms with Crippen LogP contribution in [0.15, 0.2) is 48.5 Å². The third kappa shape index (κ3) is 3.25. The highest BCUT2D eigenvalue weighted by Crippen LogP contribution is 2.32. The molecular formula is C24H29N. The van der Waals surface area contributed by atoms with E-state index in [1.807, 2.05) is 0 Å². The van der Waals surface area contributed by atoms with Gasteiger partial charge in [0.25, 0.3) is 0 Å². The quantitative estimate of drug-likeness (QED) is 0.468. The van der Waals surface area contributed by atoms with Crippen molar-refractivity contribution in [3.8, 4) is 0 Å². The molecule has 0 aliphatic heterocycles. The van der Waals surface area contributed by atoms with E-state index in [4.69, 9.17) is 0 Å². The third-order valence-corrected chi connectivity index (χ3v) is 6.16. The van der Waals surface area contributed by atoms with Crippen molar-refractivity contribution < 1.29 is 0 Å². The molecule has 0 amide bonds. The second-order valence-corrected chi connectivity index (χ2v) is 7.75. The Labute approximate surface area is 151 Å². The molecule has 1 heteroatoms. The Morgan fingerprint density at radius 3 is 2.44 bits per heavy atom. The zero-order valence-corrected chi connectivity index (χ0v) is 15.6. The summed E-state index contributed by atoms with van der Waals surface area (Å²) in [5, 5.41) is 1.39. The third-order valence-electron chi connectivity index (χ3n) is 6.16. The monoisotopic (exact) mass is 331 g/mol. The Balaban J connectivity index is 1.65. The fourth-order valence-corrected chi connectivity index (χ4v) is 4.55. The van der Waals surface area contributed by atoms with Crippen molar-refractivity contribution in [3.05, 3.63) is 70.9 Å². The van der Waals surface area contributed by atoms with Gasteiger partial charge in [-0.3, -0.25) is 0 Å². The summed E-state index contributed by atoms with van der Waals surface area (Å²) in [5.74, 6) is 0.770. The molecule has 1 fully saturated rings. The molecule has 1 aliphatic carbocycles. The largest absolute Gasteiger partial charge is 0.340 e. The molecule has 1 aliphatic rings. The Bertz CT molecular complexity index is 863. The van der Waals surface area contributed by atoms with Gasteiger partial charge < -0.3 is 4.57 Å². The van der Waals surface area contributed by atoms with Gasteiger partial charge in [-0.1, -0.05) is 68.1 Å². The lowest BCUT2D eigenvalue weighted by Crippen LogP contribution is -2.04. The predicted molar refractivity (Wildman–Crippen MR) is 107 cm³/mol. The first-order valence-electron chi connectivity index (χ1n) is 9.87. The first-order chi connectivity index (χ1) is 12.2. The molecule has 3 aromatic rings. The smallest absolute Gasteiger partial charge is 0.0488 e. The zero-order chi connectivity index (χ0) is 17.2. The van der Waals surface area contributed by atoms with Crippen LogP contribution in [0.4, 0.5) is 0 Å². The van der Waals surface area contributed by atoms with Crippen LogP contribution in [-0.2, 0) is 6.54 Å². The predicted octanol–water partition coefficient (Wildman–Crippen LogP) is 6.74. The number of fused-ring (bicyclic) bond motifs is 1. The van der Waals surface area contributed by atoms with Crippen LogP contribution in [-0.4, -0.2) is 4.57 Å². The van der Waals surface area contributed by atoms with Crippen LogP contribution in [0.25, 0.3) is 10.9 Å². The highest BCUT2D eigenvalue weighted by Gasteiger charge is 2.15. The summed E-state index contributed by atoms with van der Waals surface area (Å²) < 4.78 is 2.48. The second-order valence-electron chi connectivity index (χ2n) is 7.75. The van der Waals surface area contributed by atoms with Crippen molar-refractivity contribution in [1.82, 2.24) is 4.57 Å². The molecule has 25 heavy (non-hydrogen) atoms. The van der Waals surface area contributed by atoms with Crippen molar-refractivity contribution >= 4 is 10.9 Å². The van der Waals surface area contributed by atoms with Gasteiger partial charge in [-0.2, -0.15) is 0 Å². The average Bonchev–Trinajstić information content (AvgIpc) is 2.85. The minimum Gasteiger partial charge on any atom is -0.340 e. The van der Waals surface area contributed by atoms with Gasteiger partial charge in [0, 0.05) is 23.1 Å². The number of benzene rings is 2. The molecular weight excluding hydrogens is 302 g/mol. The van der Waals surface area contributed by atoms with Crippen molar-refractivity contribution in [3.63, 3.8) is 0 Å². The van der Waals surface area contributed by atoms with Gasteiger partial charge in [0.15, 0.2) is 0 Å². The van der Waals surface area contributed by atoms with E-state index in [1.54, 1.807) is 5.56 Å². The molecule has 1 saturated carbocycles. The summed E-state index contributed by atoms with van der Waals surface area (Å²) in [6.07, 6.45) is 8.38. The van der Waals surface area contributed by atoms with Gasteiger partial charge >= 0.3 is 0 Å². The molecule has 0 bridgehead atoms. The van der Waals surface area contributed by atoms with E-state index in [0.29, 0.717) is 0 Å². The first kappa shape index (κ1) is 16.4. The molecule has 4 rings (SSSR count). The molecule has 0 spiro atoms. The topological polar surface area (TPSA) is 4.93 Å².